The molecule has 0 aliphatic heterocycles. The number of benzene rings is 1. The molecule has 1 aromatic rings. The number of halogens is 2. The summed E-state index contributed by atoms with van der Waals surface area (Å²) >= 11 is 5.93. The molecule has 4 heteroatoms. The van der Waals surface area contributed by atoms with Crippen molar-refractivity contribution in [2.24, 2.45) is 0 Å². The molecule has 1 aromatic carbocycles. The van der Waals surface area contributed by atoms with Gasteiger partial charge in [0.2, 0.25) is 0 Å². The van der Waals surface area contributed by atoms with Gasteiger partial charge in [-0.05, 0) is 38.5 Å². The van der Waals surface area contributed by atoms with E-state index in [1.807, 2.05) is 0 Å². The van der Waals surface area contributed by atoms with Gasteiger partial charge in [0.15, 0.2) is 0 Å². The predicted octanol–water partition coefficient (Wildman–Crippen LogP) is 3.50. The van der Waals surface area contributed by atoms with Crippen LogP contribution < -0.4 is 5.32 Å². The summed E-state index contributed by atoms with van der Waals surface area (Å²) in [6.45, 7) is 5.03. The maximum Gasteiger partial charge on any atom is 0.128 e. The van der Waals surface area contributed by atoms with Crippen LogP contribution in [0.3, 0.4) is 0 Å². The van der Waals surface area contributed by atoms with E-state index in [9.17, 15) is 4.39 Å². The van der Waals surface area contributed by atoms with Crippen LogP contribution in [0.2, 0.25) is 5.02 Å². The van der Waals surface area contributed by atoms with Crippen molar-refractivity contribution in [2.75, 3.05) is 5.32 Å². The van der Waals surface area contributed by atoms with Gasteiger partial charge in [-0.25, -0.2) is 4.39 Å². The van der Waals surface area contributed by atoms with E-state index in [1.54, 1.807) is 20.8 Å². The summed E-state index contributed by atoms with van der Waals surface area (Å²) in [5.74, 6) is -0.337. The number of hydrogen-bond donors (Lipinski definition) is 1. The zero-order chi connectivity index (χ0) is 11.6. The molecule has 0 bridgehead atoms. The normalized spacial score (nSPS) is 10.9. The first-order chi connectivity index (χ1) is 6.85. The topological polar surface area (TPSA) is 35.8 Å². The third kappa shape index (κ3) is 2.84. The second-order valence-electron chi connectivity index (χ2n) is 3.94. The van der Waals surface area contributed by atoms with Gasteiger partial charge in [-0.3, -0.25) is 0 Å². The molecule has 0 aromatic heterocycles. The molecule has 1 N–H and O–H groups in total. The zero-order valence-electron chi connectivity index (χ0n) is 8.86. The second kappa shape index (κ2) is 4.08. The van der Waals surface area contributed by atoms with Crippen LogP contribution in [0.15, 0.2) is 12.1 Å². The predicted molar refractivity (Wildman–Crippen MR) is 59.5 cm³/mol. The van der Waals surface area contributed by atoms with Gasteiger partial charge in [0.05, 0.1) is 16.8 Å². The van der Waals surface area contributed by atoms with Gasteiger partial charge < -0.3 is 5.32 Å². The summed E-state index contributed by atoms with van der Waals surface area (Å²) < 4.78 is 13.3. The first-order valence-corrected chi connectivity index (χ1v) is 4.88. The van der Waals surface area contributed by atoms with Crippen LogP contribution in [-0.2, 0) is 0 Å². The quantitative estimate of drug-likeness (QED) is 0.838. The van der Waals surface area contributed by atoms with E-state index >= 15 is 0 Å². The first-order valence-electron chi connectivity index (χ1n) is 4.51. The van der Waals surface area contributed by atoms with Crippen molar-refractivity contribution in [1.82, 2.24) is 0 Å². The molecule has 2 nitrogen and oxygen atoms in total. The fraction of sp³-hybridized carbons (Fsp3) is 0.364. The Kier molecular flexibility index (Phi) is 3.21. The number of nitriles is 1. The molecule has 1 rings (SSSR count). The van der Waals surface area contributed by atoms with Gasteiger partial charge in [0.1, 0.15) is 11.4 Å². The van der Waals surface area contributed by atoms with E-state index in [4.69, 9.17) is 16.9 Å². The lowest BCUT2D eigenvalue weighted by Gasteiger charge is -2.20. The molecule has 0 aliphatic rings. The SMILES string of the molecule is Cc1cc(Cl)c(NC(C)(C)C#N)cc1F. The molecule has 0 radical (unpaired) electrons. The van der Waals surface area contributed by atoms with E-state index in [1.165, 1.54) is 12.1 Å². The van der Waals surface area contributed by atoms with Crippen molar-refractivity contribution in [1.29, 1.82) is 5.26 Å². The molecule has 0 aliphatic carbocycles. The highest BCUT2D eigenvalue weighted by Gasteiger charge is 2.18. The van der Waals surface area contributed by atoms with Gasteiger partial charge in [-0.1, -0.05) is 11.6 Å². The lowest BCUT2D eigenvalue weighted by molar-refractivity contribution is 0.618. The van der Waals surface area contributed by atoms with Crippen LogP contribution >= 0.6 is 11.6 Å². The Hall–Kier alpha value is -1.27. The molecule has 0 saturated carbocycles. The number of nitrogens with one attached hydrogen (secondary N) is 1. The number of rotatable bonds is 2. The van der Waals surface area contributed by atoms with Gasteiger partial charge >= 0.3 is 0 Å². The lowest BCUT2D eigenvalue weighted by Crippen LogP contribution is -2.28. The highest BCUT2D eigenvalue weighted by molar-refractivity contribution is 6.33. The van der Waals surface area contributed by atoms with Crippen molar-refractivity contribution < 1.29 is 4.39 Å². The smallest absolute Gasteiger partial charge is 0.128 e. The maximum absolute atomic E-state index is 13.3. The summed E-state index contributed by atoms with van der Waals surface area (Å²) in [5.41, 5.74) is 0.150. The fourth-order valence-electron chi connectivity index (χ4n) is 1.11. The number of nitrogens with zero attached hydrogens (tertiary/aromatic N) is 1. The van der Waals surface area contributed by atoms with E-state index in [2.05, 4.69) is 11.4 Å². The molecule has 80 valence electrons. The Morgan fingerprint density at radius 3 is 2.60 bits per heavy atom. The van der Waals surface area contributed by atoms with E-state index in [-0.39, 0.29) is 5.82 Å². The van der Waals surface area contributed by atoms with E-state index < -0.39 is 5.54 Å². The molecule has 0 fully saturated rings. The highest BCUT2D eigenvalue weighted by Crippen LogP contribution is 2.27. The highest BCUT2D eigenvalue weighted by atomic mass is 35.5. The summed E-state index contributed by atoms with van der Waals surface area (Å²) in [6, 6.07) is 4.90. The van der Waals surface area contributed by atoms with Gasteiger partial charge in [-0.2, -0.15) is 5.26 Å². The number of aryl methyl sites for hydroxylation is 1. The molecule has 15 heavy (non-hydrogen) atoms. The molecular formula is C11H12ClFN2. The Labute approximate surface area is 93.7 Å². The van der Waals surface area contributed by atoms with E-state index in [0.717, 1.165) is 0 Å². The van der Waals surface area contributed by atoms with Crippen LogP contribution in [0.4, 0.5) is 10.1 Å². The Morgan fingerprint density at radius 2 is 2.07 bits per heavy atom. The third-order valence-electron chi connectivity index (χ3n) is 1.97. The van der Waals surface area contributed by atoms with Crippen LogP contribution in [0.1, 0.15) is 19.4 Å². The zero-order valence-corrected chi connectivity index (χ0v) is 9.61. The minimum absolute atomic E-state index is 0.337. The van der Waals surface area contributed by atoms with Gasteiger partial charge in [-0.15, -0.1) is 0 Å². The largest absolute Gasteiger partial charge is 0.367 e. The minimum Gasteiger partial charge on any atom is -0.367 e. The van der Waals surface area contributed by atoms with Crippen molar-refractivity contribution in [3.8, 4) is 6.07 Å². The summed E-state index contributed by atoms with van der Waals surface area (Å²) in [7, 11) is 0. The first kappa shape index (κ1) is 11.8. The maximum atomic E-state index is 13.3. The summed E-state index contributed by atoms with van der Waals surface area (Å²) in [5, 5.41) is 12.1. The Bertz CT molecular complexity index is 421. The monoisotopic (exact) mass is 226 g/mol. The Balaban J connectivity index is 3.07. The number of anilines is 1. The van der Waals surface area contributed by atoms with Crippen LogP contribution in [-0.4, -0.2) is 5.54 Å². The van der Waals surface area contributed by atoms with Crippen molar-refractivity contribution in [3.63, 3.8) is 0 Å². The average Bonchev–Trinajstić information content (AvgIpc) is 2.14. The van der Waals surface area contributed by atoms with Crippen LogP contribution in [0.5, 0.6) is 0 Å². The third-order valence-corrected chi connectivity index (χ3v) is 2.29. The van der Waals surface area contributed by atoms with Crippen LogP contribution in [0.25, 0.3) is 0 Å². The van der Waals surface area contributed by atoms with Crippen molar-refractivity contribution >= 4 is 17.3 Å². The average molecular weight is 227 g/mol. The molecule has 0 heterocycles. The van der Waals surface area contributed by atoms with E-state index in [0.29, 0.717) is 16.3 Å². The molecule has 0 spiro atoms. The fourth-order valence-corrected chi connectivity index (χ4v) is 1.37. The van der Waals surface area contributed by atoms with Crippen molar-refractivity contribution in [2.45, 2.75) is 26.3 Å². The minimum atomic E-state index is -0.772. The van der Waals surface area contributed by atoms with Crippen LogP contribution in [0, 0.1) is 24.1 Å². The summed E-state index contributed by atoms with van der Waals surface area (Å²) in [4.78, 5) is 0. The standard InChI is InChI=1S/C11H12ClFN2/c1-7-4-8(12)10(5-9(7)13)15-11(2,3)6-14/h4-5,15H,1-3H3. The summed E-state index contributed by atoms with van der Waals surface area (Å²) in [6.07, 6.45) is 0. The van der Waals surface area contributed by atoms with Crippen molar-refractivity contribution in [3.05, 3.63) is 28.5 Å². The molecule has 0 atom stereocenters. The Morgan fingerprint density at radius 1 is 1.47 bits per heavy atom. The molecule has 0 saturated heterocycles. The number of hydrogen-bond acceptors (Lipinski definition) is 2. The molecular weight excluding hydrogens is 215 g/mol. The van der Waals surface area contributed by atoms with Gasteiger partial charge in [0, 0.05) is 0 Å². The molecule has 0 unspecified atom stereocenters. The van der Waals surface area contributed by atoms with Gasteiger partial charge in [0.25, 0.3) is 0 Å². The second-order valence-corrected chi connectivity index (χ2v) is 4.35. The molecule has 0 amide bonds. The lowest BCUT2D eigenvalue weighted by atomic mass is 10.1.